The highest BCUT2D eigenvalue weighted by Gasteiger charge is 2.28. The van der Waals surface area contributed by atoms with Crippen LogP contribution in [0.5, 0.6) is 0 Å². The van der Waals surface area contributed by atoms with E-state index in [0.717, 1.165) is 24.8 Å². The van der Waals surface area contributed by atoms with Crippen LogP contribution in [0.2, 0.25) is 0 Å². The number of benzene rings is 1. The van der Waals surface area contributed by atoms with E-state index in [2.05, 4.69) is 20.7 Å². The molecular formula is C16H21N5O2. The maximum Gasteiger partial charge on any atom is 0.319 e. The Labute approximate surface area is 135 Å². The number of aromatic nitrogens is 3. The van der Waals surface area contributed by atoms with Crippen molar-refractivity contribution in [2.75, 3.05) is 12.4 Å². The van der Waals surface area contributed by atoms with Gasteiger partial charge in [-0.3, -0.25) is 4.68 Å². The van der Waals surface area contributed by atoms with Gasteiger partial charge in [0, 0.05) is 25.4 Å². The summed E-state index contributed by atoms with van der Waals surface area (Å²) >= 11 is 0. The van der Waals surface area contributed by atoms with E-state index in [9.17, 15) is 4.79 Å². The first kappa shape index (κ1) is 15.5. The Morgan fingerprint density at radius 3 is 3.00 bits per heavy atom. The van der Waals surface area contributed by atoms with Crippen LogP contribution in [-0.2, 0) is 11.8 Å². The minimum Gasteiger partial charge on any atom is -0.379 e. The lowest BCUT2D eigenvalue weighted by Crippen LogP contribution is -2.42. The van der Waals surface area contributed by atoms with Gasteiger partial charge in [0.25, 0.3) is 0 Å². The van der Waals surface area contributed by atoms with E-state index in [0.29, 0.717) is 11.5 Å². The van der Waals surface area contributed by atoms with Gasteiger partial charge in [0.1, 0.15) is 6.33 Å². The zero-order chi connectivity index (χ0) is 16.2. The summed E-state index contributed by atoms with van der Waals surface area (Å²) < 4.78 is 7.04. The summed E-state index contributed by atoms with van der Waals surface area (Å²) in [5.41, 5.74) is 1.57. The Morgan fingerprint density at radius 2 is 2.26 bits per heavy atom. The summed E-state index contributed by atoms with van der Waals surface area (Å²) in [5, 5.41) is 10.1. The highest BCUT2D eigenvalue weighted by Crippen LogP contribution is 2.22. The molecule has 0 spiro atoms. The molecule has 1 heterocycles. The minimum absolute atomic E-state index is 0.0700. The Kier molecular flexibility index (Phi) is 4.57. The second-order valence-corrected chi connectivity index (χ2v) is 5.73. The van der Waals surface area contributed by atoms with Crippen molar-refractivity contribution in [2.24, 2.45) is 7.05 Å². The van der Waals surface area contributed by atoms with Crippen molar-refractivity contribution in [1.29, 1.82) is 0 Å². The van der Waals surface area contributed by atoms with E-state index in [1.165, 1.54) is 0 Å². The number of anilines is 1. The van der Waals surface area contributed by atoms with E-state index in [1.54, 1.807) is 18.1 Å². The zero-order valence-electron chi connectivity index (χ0n) is 13.3. The van der Waals surface area contributed by atoms with Crippen LogP contribution in [0.15, 0.2) is 30.6 Å². The molecule has 0 unspecified atom stereocenters. The van der Waals surface area contributed by atoms with Crippen LogP contribution >= 0.6 is 0 Å². The largest absolute Gasteiger partial charge is 0.379 e. The number of hydrogen-bond acceptors (Lipinski definition) is 4. The van der Waals surface area contributed by atoms with E-state index >= 15 is 0 Å². The molecule has 1 aromatic carbocycles. The topological polar surface area (TPSA) is 81.1 Å². The van der Waals surface area contributed by atoms with Gasteiger partial charge >= 0.3 is 6.03 Å². The summed E-state index contributed by atoms with van der Waals surface area (Å²) in [6, 6.07) is 7.34. The number of nitrogens with zero attached hydrogens (tertiary/aromatic N) is 3. The van der Waals surface area contributed by atoms with Crippen LogP contribution in [-0.4, -0.2) is 40.1 Å². The monoisotopic (exact) mass is 315 g/mol. The molecule has 0 aliphatic heterocycles. The molecule has 122 valence electrons. The third kappa shape index (κ3) is 3.68. The molecule has 0 radical (unpaired) electrons. The molecule has 1 saturated carbocycles. The number of ether oxygens (including phenoxy) is 1. The number of aryl methyl sites for hydroxylation is 1. The fourth-order valence-corrected chi connectivity index (χ4v) is 2.92. The molecular weight excluding hydrogens is 294 g/mol. The van der Waals surface area contributed by atoms with Gasteiger partial charge in [0.2, 0.25) is 0 Å². The highest BCUT2D eigenvalue weighted by molar-refractivity contribution is 5.90. The molecule has 1 aliphatic carbocycles. The second-order valence-electron chi connectivity index (χ2n) is 5.73. The SMILES string of the molecule is CO[C@@H]1CCC[C@H]1NC(=O)Nc1cccc(-c2ncn(C)n2)c1. The number of rotatable bonds is 4. The fourth-order valence-electron chi connectivity index (χ4n) is 2.92. The van der Waals surface area contributed by atoms with Crippen molar-refractivity contribution in [2.45, 2.75) is 31.4 Å². The summed E-state index contributed by atoms with van der Waals surface area (Å²) in [6.45, 7) is 0. The lowest BCUT2D eigenvalue weighted by molar-refractivity contribution is 0.0882. The van der Waals surface area contributed by atoms with Gasteiger partial charge in [0.05, 0.1) is 12.1 Å². The first-order chi connectivity index (χ1) is 11.2. The summed E-state index contributed by atoms with van der Waals surface area (Å²) in [4.78, 5) is 16.4. The molecule has 2 amide bonds. The standard InChI is InChI=1S/C16H21N5O2/c1-21-10-17-15(20-21)11-5-3-6-12(9-11)18-16(22)19-13-7-4-8-14(13)23-2/h3,5-6,9-10,13-14H,4,7-8H2,1-2H3,(H2,18,19,22)/t13-,14-/m1/s1. The highest BCUT2D eigenvalue weighted by atomic mass is 16.5. The van der Waals surface area contributed by atoms with Gasteiger partial charge in [-0.25, -0.2) is 9.78 Å². The average molecular weight is 315 g/mol. The van der Waals surface area contributed by atoms with Gasteiger partial charge in [-0.05, 0) is 31.4 Å². The Morgan fingerprint density at radius 1 is 1.39 bits per heavy atom. The van der Waals surface area contributed by atoms with Crippen LogP contribution < -0.4 is 10.6 Å². The van der Waals surface area contributed by atoms with Gasteiger partial charge in [-0.1, -0.05) is 12.1 Å². The number of hydrogen-bond donors (Lipinski definition) is 2. The average Bonchev–Trinajstić information content (AvgIpc) is 3.16. The van der Waals surface area contributed by atoms with E-state index in [1.807, 2.05) is 31.3 Å². The molecule has 7 heteroatoms. The van der Waals surface area contributed by atoms with Crippen molar-refractivity contribution in [3.63, 3.8) is 0 Å². The minimum atomic E-state index is -0.218. The molecule has 2 atom stereocenters. The second kappa shape index (κ2) is 6.78. The maximum atomic E-state index is 12.2. The molecule has 3 rings (SSSR count). The Hall–Kier alpha value is -2.41. The predicted octanol–water partition coefficient (Wildman–Crippen LogP) is 2.17. The lowest BCUT2D eigenvalue weighted by atomic mass is 10.2. The number of nitrogens with one attached hydrogen (secondary N) is 2. The van der Waals surface area contributed by atoms with Gasteiger partial charge in [0.15, 0.2) is 5.82 Å². The molecule has 1 fully saturated rings. The lowest BCUT2D eigenvalue weighted by Gasteiger charge is -2.19. The van der Waals surface area contributed by atoms with Crippen molar-refractivity contribution < 1.29 is 9.53 Å². The number of carbonyl (C=O) groups excluding carboxylic acids is 1. The van der Waals surface area contributed by atoms with Gasteiger partial charge in [-0.15, -0.1) is 0 Å². The third-order valence-corrected chi connectivity index (χ3v) is 4.05. The van der Waals surface area contributed by atoms with Crippen LogP contribution in [0.25, 0.3) is 11.4 Å². The third-order valence-electron chi connectivity index (χ3n) is 4.05. The zero-order valence-corrected chi connectivity index (χ0v) is 13.3. The molecule has 2 aromatic rings. The molecule has 7 nitrogen and oxygen atoms in total. The molecule has 1 aliphatic rings. The first-order valence-electron chi connectivity index (χ1n) is 7.72. The van der Waals surface area contributed by atoms with Crippen LogP contribution in [0.3, 0.4) is 0 Å². The van der Waals surface area contributed by atoms with Crippen molar-refractivity contribution >= 4 is 11.7 Å². The van der Waals surface area contributed by atoms with Gasteiger partial charge < -0.3 is 15.4 Å². The van der Waals surface area contributed by atoms with E-state index in [4.69, 9.17) is 4.74 Å². The number of amides is 2. The number of methoxy groups -OCH3 is 1. The molecule has 0 saturated heterocycles. The van der Waals surface area contributed by atoms with Crippen molar-refractivity contribution in [3.05, 3.63) is 30.6 Å². The number of carbonyl (C=O) groups is 1. The van der Waals surface area contributed by atoms with Crippen LogP contribution in [0.1, 0.15) is 19.3 Å². The molecule has 0 bridgehead atoms. The van der Waals surface area contributed by atoms with Crippen molar-refractivity contribution in [1.82, 2.24) is 20.1 Å². The molecule has 1 aromatic heterocycles. The quantitative estimate of drug-likeness (QED) is 0.906. The summed E-state index contributed by atoms with van der Waals surface area (Å²) in [6.07, 6.45) is 4.76. The molecule has 23 heavy (non-hydrogen) atoms. The summed E-state index contributed by atoms with van der Waals surface area (Å²) in [7, 11) is 3.51. The smallest absolute Gasteiger partial charge is 0.319 e. The molecule has 2 N–H and O–H groups in total. The van der Waals surface area contributed by atoms with Gasteiger partial charge in [-0.2, -0.15) is 5.10 Å². The van der Waals surface area contributed by atoms with Crippen LogP contribution in [0, 0.1) is 0 Å². The fraction of sp³-hybridized carbons (Fsp3) is 0.438. The maximum absolute atomic E-state index is 12.2. The predicted molar refractivity (Wildman–Crippen MR) is 87.0 cm³/mol. The number of urea groups is 1. The first-order valence-corrected chi connectivity index (χ1v) is 7.72. The van der Waals surface area contributed by atoms with E-state index < -0.39 is 0 Å². The normalized spacial score (nSPS) is 20.4. The van der Waals surface area contributed by atoms with E-state index in [-0.39, 0.29) is 18.2 Å². The Bertz CT molecular complexity index is 685. The summed E-state index contributed by atoms with van der Waals surface area (Å²) in [5.74, 6) is 0.631. The Balaban J connectivity index is 1.64. The van der Waals surface area contributed by atoms with Crippen LogP contribution in [0.4, 0.5) is 10.5 Å². The van der Waals surface area contributed by atoms with Crippen molar-refractivity contribution in [3.8, 4) is 11.4 Å².